The minimum absolute atomic E-state index is 0.119. The number of sulfonamides is 1. The van der Waals surface area contributed by atoms with E-state index < -0.39 is 15.9 Å². The molecule has 2 aromatic rings. The van der Waals surface area contributed by atoms with E-state index in [1.54, 1.807) is 6.26 Å². The van der Waals surface area contributed by atoms with Crippen LogP contribution in [0.15, 0.2) is 45.9 Å². The number of aryl methyl sites for hydroxylation is 1. The minimum atomic E-state index is -3.90. The molecule has 2 rings (SSSR count). The zero-order valence-corrected chi connectivity index (χ0v) is 14.3. The van der Waals surface area contributed by atoms with Crippen molar-refractivity contribution in [2.45, 2.75) is 30.7 Å². The van der Waals surface area contributed by atoms with E-state index in [-0.39, 0.29) is 22.3 Å². The molecule has 1 unspecified atom stereocenters. The van der Waals surface area contributed by atoms with Crippen LogP contribution >= 0.6 is 0 Å². The molecule has 1 atom stereocenters. The first-order valence-corrected chi connectivity index (χ1v) is 8.90. The summed E-state index contributed by atoms with van der Waals surface area (Å²) in [5, 5.41) is 7.93. The van der Waals surface area contributed by atoms with Crippen LogP contribution in [0.5, 0.6) is 5.75 Å². The standard InChI is InChI=1S/C16H20N2O5S/c1-11(5-6-12-4-3-9-23-12)18-16(19)14-10-13(24(17,20)21)7-8-15(14)22-2/h3-4,7-11H,5-6H2,1-2H3,(H,18,19)(H2,17,20,21). The van der Waals surface area contributed by atoms with Crippen molar-refractivity contribution in [1.82, 2.24) is 5.32 Å². The summed E-state index contributed by atoms with van der Waals surface area (Å²) in [5.74, 6) is 0.687. The van der Waals surface area contributed by atoms with Crippen molar-refractivity contribution < 1.29 is 22.4 Å². The second kappa shape index (κ2) is 7.50. The number of amides is 1. The number of carbonyl (C=O) groups is 1. The lowest BCUT2D eigenvalue weighted by atomic mass is 10.1. The number of nitrogens with one attached hydrogen (secondary N) is 1. The van der Waals surface area contributed by atoms with Crippen LogP contribution < -0.4 is 15.2 Å². The number of nitrogens with two attached hydrogens (primary N) is 1. The Morgan fingerprint density at radius 1 is 1.38 bits per heavy atom. The van der Waals surface area contributed by atoms with Gasteiger partial charge in [-0.05, 0) is 43.7 Å². The molecule has 0 spiro atoms. The van der Waals surface area contributed by atoms with Crippen LogP contribution in [0.1, 0.15) is 29.5 Å². The van der Waals surface area contributed by atoms with E-state index in [4.69, 9.17) is 14.3 Å². The Labute approximate surface area is 140 Å². The fourth-order valence-electron chi connectivity index (χ4n) is 2.23. The molecule has 1 heterocycles. The first-order valence-electron chi connectivity index (χ1n) is 7.35. The lowest BCUT2D eigenvalue weighted by molar-refractivity contribution is 0.0935. The molecule has 0 aliphatic heterocycles. The normalized spacial score (nSPS) is 12.6. The second-order valence-corrected chi connectivity index (χ2v) is 6.96. The van der Waals surface area contributed by atoms with Crippen LogP contribution in [-0.4, -0.2) is 27.5 Å². The van der Waals surface area contributed by atoms with Crippen molar-refractivity contribution in [2.24, 2.45) is 5.14 Å². The van der Waals surface area contributed by atoms with E-state index in [1.807, 2.05) is 19.1 Å². The third-order valence-electron chi connectivity index (χ3n) is 3.53. The maximum atomic E-state index is 12.4. The summed E-state index contributed by atoms with van der Waals surface area (Å²) in [4.78, 5) is 12.3. The summed E-state index contributed by atoms with van der Waals surface area (Å²) in [6.45, 7) is 1.86. The molecule has 0 radical (unpaired) electrons. The van der Waals surface area contributed by atoms with Crippen molar-refractivity contribution in [3.63, 3.8) is 0 Å². The maximum absolute atomic E-state index is 12.4. The monoisotopic (exact) mass is 352 g/mol. The number of hydrogen-bond acceptors (Lipinski definition) is 5. The lowest BCUT2D eigenvalue weighted by Gasteiger charge is -2.15. The highest BCUT2D eigenvalue weighted by molar-refractivity contribution is 7.89. The molecule has 0 fully saturated rings. The second-order valence-electron chi connectivity index (χ2n) is 5.40. The zero-order chi connectivity index (χ0) is 17.7. The number of ether oxygens (including phenoxy) is 1. The molecule has 0 saturated heterocycles. The zero-order valence-electron chi connectivity index (χ0n) is 13.5. The van der Waals surface area contributed by atoms with Gasteiger partial charge in [0.2, 0.25) is 10.0 Å². The third-order valence-corrected chi connectivity index (χ3v) is 4.44. The maximum Gasteiger partial charge on any atom is 0.255 e. The summed E-state index contributed by atoms with van der Waals surface area (Å²) in [6.07, 6.45) is 2.96. The molecule has 1 aromatic carbocycles. The number of benzene rings is 1. The Hall–Kier alpha value is -2.32. The highest BCUT2D eigenvalue weighted by Gasteiger charge is 2.18. The average molecular weight is 352 g/mol. The van der Waals surface area contributed by atoms with E-state index in [2.05, 4.69) is 5.32 Å². The van der Waals surface area contributed by atoms with E-state index in [0.29, 0.717) is 12.8 Å². The van der Waals surface area contributed by atoms with Crippen molar-refractivity contribution in [3.8, 4) is 5.75 Å². The molecule has 1 aromatic heterocycles. The van der Waals surface area contributed by atoms with Crippen LogP contribution in [0, 0.1) is 0 Å². The quantitative estimate of drug-likeness (QED) is 0.787. The van der Waals surface area contributed by atoms with Crippen molar-refractivity contribution >= 4 is 15.9 Å². The van der Waals surface area contributed by atoms with Crippen LogP contribution in [0.25, 0.3) is 0 Å². The fourth-order valence-corrected chi connectivity index (χ4v) is 2.77. The smallest absolute Gasteiger partial charge is 0.255 e. The number of methoxy groups -OCH3 is 1. The van der Waals surface area contributed by atoms with Gasteiger partial charge in [-0.2, -0.15) is 0 Å². The average Bonchev–Trinajstić information content (AvgIpc) is 3.04. The van der Waals surface area contributed by atoms with E-state index in [0.717, 1.165) is 5.76 Å². The van der Waals surface area contributed by atoms with Gasteiger partial charge in [0.15, 0.2) is 0 Å². The molecule has 24 heavy (non-hydrogen) atoms. The molecular weight excluding hydrogens is 332 g/mol. The fraction of sp³-hybridized carbons (Fsp3) is 0.312. The van der Waals surface area contributed by atoms with Gasteiger partial charge in [-0.3, -0.25) is 4.79 Å². The van der Waals surface area contributed by atoms with Crippen molar-refractivity contribution in [1.29, 1.82) is 0 Å². The number of hydrogen-bond donors (Lipinski definition) is 2. The van der Waals surface area contributed by atoms with Crippen molar-refractivity contribution in [3.05, 3.63) is 47.9 Å². The molecule has 8 heteroatoms. The Balaban J connectivity index is 2.10. The van der Waals surface area contributed by atoms with Gasteiger partial charge in [0, 0.05) is 12.5 Å². The van der Waals surface area contributed by atoms with E-state index in [9.17, 15) is 13.2 Å². The molecule has 1 amide bonds. The molecule has 0 aliphatic carbocycles. The summed E-state index contributed by atoms with van der Waals surface area (Å²) >= 11 is 0. The first-order chi connectivity index (χ1) is 11.3. The summed E-state index contributed by atoms with van der Waals surface area (Å²) in [7, 11) is -2.49. The predicted octanol–water partition coefficient (Wildman–Crippen LogP) is 1.69. The molecule has 7 nitrogen and oxygen atoms in total. The van der Waals surface area contributed by atoms with Crippen LogP contribution in [0.3, 0.4) is 0 Å². The minimum Gasteiger partial charge on any atom is -0.496 e. The molecular formula is C16H20N2O5S. The lowest BCUT2D eigenvalue weighted by Crippen LogP contribution is -2.33. The number of carbonyl (C=O) groups excluding carboxylic acids is 1. The molecule has 3 N–H and O–H groups in total. The van der Waals surface area contributed by atoms with Crippen molar-refractivity contribution in [2.75, 3.05) is 7.11 Å². The SMILES string of the molecule is COc1ccc(S(N)(=O)=O)cc1C(=O)NC(C)CCc1ccco1. The van der Waals surface area contributed by atoms with Crippen LogP contribution in [-0.2, 0) is 16.4 Å². The highest BCUT2D eigenvalue weighted by Crippen LogP contribution is 2.22. The molecule has 0 bridgehead atoms. The third kappa shape index (κ3) is 4.59. The van der Waals surface area contributed by atoms with Gasteiger partial charge in [-0.1, -0.05) is 0 Å². The molecule has 0 aliphatic rings. The number of furan rings is 1. The van der Waals surface area contributed by atoms with Gasteiger partial charge < -0.3 is 14.5 Å². The van der Waals surface area contributed by atoms with Crippen LogP contribution in [0.4, 0.5) is 0 Å². The van der Waals surface area contributed by atoms with Gasteiger partial charge in [-0.15, -0.1) is 0 Å². The Morgan fingerprint density at radius 3 is 2.71 bits per heavy atom. The Morgan fingerprint density at radius 2 is 2.12 bits per heavy atom. The molecule has 0 saturated carbocycles. The van der Waals surface area contributed by atoms with E-state index >= 15 is 0 Å². The summed E-state index contributed by atoms with van der Waals surface area (Å²) in [5.41, 5.74) is 0.119. The summed E-state index contributed by atoms with van der Waals surface area (Å²) < 4.78 is 33.3. The van der Waals surface area contributed by atoms with Gasteiger partial charge >= 0.3 is 0 Å². The van der Waals surface area contributed by atoms with Gasteiger partial charge in [0.25, 0.3) is 5.91 Å². The number of rotatable bonds is 7. The van der Waals surface area contributed by atoms with E-state index in [1.165, 1.54) is 25.3 Å². The van der Waals surface area contributed by atoms with Crippen LogP contribution in [0.2, 0.25) is 0 Å². The summed E-state index contributed by atoms with van der Waals surface area (Å²) in [6, 6.07) is 7.45. The first kappa shape index (κ1) is 18.0. The van der Waals surface area contributed by atoms with Gasteiger partial charge in [-0.25, -0.2) is 13.6 Å². The largest absolute Gasteiger partial charge is 0.496 e. The Bertz CT molecular complexity index is 800. The highest BCUT2D eigenvalue weighted by atomic mass is 32.2. The predicted molar refractivity (Wildman–Crippen MR) is 88.3 cm³/mol. The van der Waals surface area contributed by atoms with Gasteiger partial charge in [0.05, 0.1) is 23.8 Å². The topological polar surface area (TPSA) is 112 Å². The van der Waals surface area contributed by atoms with Gasteiger partial charge in [0.1, 0.15) is 11.5 Å². The molecule has 130 valence electrons. The Kier molecular flexibility index (Phi) is 5.63. The number of primary sulfonamides is 1.